The summed E-state index contributed by atoms with van der Waals surface area (Å²) in [7, 11) is 0. The van der Waals surface area contributed by atoms with Crippen LogP contribution in [-0.2, 0) is 0 Å². The molecule has 0 saturated carbocycles. The van der Waals surface area contributed by atoms with Gasteiger partial charge in [-0.2, -0.15) is 0 Å². The van der Waals surface area contributed by atoms with Gasteiger partial charge >= 0.3 is 0 Å². The standard InChI is InChI=1S/C13H17ClN2O/c1-9-8-16(10(2)7-15-9)13(17)11-3-5-12(14)6-4-11/h3-6,9-10,15H,7-8H2,1-2H3. The first-order valence-electron chi connectivity index (χ1n) is 5.88. The summed E-state index contributed by atoms with van der Waals surface area (Å²) in [4.78, 5) is 14.2. The third kappa shape index (κ3) is 2.79. The van der Waals surface area contributed by atoms with Crippen LogP contribution in [0.4, 0.5) is 0 Å². The third-order valence-electron chi connectivity index (χ3n) is 3.12. The number of nitrogens with zero attached hydrogens (tertiary/aromatic N) is 1. The Morgan fingerprint density at radius 1 is 1.35 bits per heavy atom. The number of rotatable bonds is 1. The summed E-state index contributed by atoms with van der Waals surface area (Å²) in [5.74, 6) is 0.0857. The largest absolute Gasteiger partial charge is 0.333 e. The predicted octanol–water partition coefficient (Wildman–Crippen LogP) is 2.16. The number of hydrogen-bond acceptors (Lipinski definition) is 2. The molecule has 1 aromatic rings. The molecule has 0 aromatic heterocycles. The highest BCUT2D eigenvalue weighted by Gasteiger charge is 2.27. The molecule has 17 heavy (non-hydrogen) atoms. The lowest BCUT2D eigenvalue weighted by atomic mass is 10.1. The Labute approximate surface area is 107 Å². The average molecular weight is 253 g/mol. The molecule has 0 radical (unpaired) electrons. The summed E-state index contributed by atoms with van der Waals surface area (Å²) in [6, 6.07) is 7.65. The zero-order valence-corrected chi connectivity index (χ0v) is 10.9. The van der Waals surface area contributed by atoms with Gasteiger partial charge in [-0.15, -0.1) is 0 Å². The van der Waals surface area contributed by atoms with Gasteiger partial charge in [0.1, 0.15) is 0 Å². The van der Waals surface area contributed by atoms with Crippen molar-refractivity contribution >= 4 is 17.5 Å². The topological polar surface area (TPSA) is 32.3 Å². The molecule has 92 valence electrons. The van der Waals surface area contributed by atoms with Crippen molar-refractivity contribution in [3.05, 3.63) is 34.9 Å². The van der Waals surface area contributed by atoms with Crippen molar-refractivity contribution in [3.63, 3.8) is 0 Å². The lowest BCUT2D eigenvalue weighted by molar-refractivity contribution is 0.0616. The van der Waals surface area contributed by atoms with E-state index in [2.05, 4.69) is 19.2 Å². The van der Waals surface area contributed by atoms with Crippen LogP contribution in [0.3, 0.4) is 0 Å². The smallest absolute Gasteiger partial charge is 0.254 e. The van der Waals surface area contributed by atoms with Crippen LogP contribution < -0.4 is 5.32 Å². The van der Waals surface area contributed by atoms with Crippen LogP contribution in [0.1, 0.15) is 24.2 Å². The molecule has 1 aromatic carbocycles. The molecule has 1 fully saturated rings. The van der Waals surface area contributed by atoms with Crippen LogP contribution in [0.15, 0.2) is 24.3 Å². The third-order valence-corrected chi connectivity index (χ3v) is 3.37. The minimum Gasteiger partial charge on any atom is -0.333 e. The Hall–Kier alpha value is -1.06. The summed E-state index contributed by atoms with van der Waals surface area (Å²) in [5, 5.41) is 4.02. The molecule has 2 atom stereocenters. The number of amides is 1. The van der Waals surface area contributed by atoms with E-state index in [1.807, 2.05) is 4.90 Å². The fraction of sp³-hybridized carbons (Fsp3) is 0.462. The summed E-state index contributed by atoms with van der Waals surface area (Å²) < 4.78 is 0. The highest BCUT2D eigenvalue weighted by Crippen LogP contribution is 2.15. The van der Waals surface area contributed by atoms with Crippen LogP contribution in [0.25, 0.3) is 0 Å². The van der Waals surface area contributed by atoms with Crippen molar-refractivity contribution in [2.75, 3.05) is 13.1 Å². The molecule has 1 amide bonds. The second-order valence-electron chi connectivity index (χ2n) is 4.62. The van der Waals surface area contributed by atoms with Gasteiger partial charge in [-0.25, -0.2) is 0 Å². The maximum atomic E-state index is 12.3. The normalized spacial score (nSPS) is 24.8. The molecule has 1 heterocycles. The Bertz CT molecular complexity index is 404. The van der Waals surface area contributed by atoms with Gasteiger partial charge in [-0.1, -0.05) is 11.6 Å². The molecule has 1 aliphatic rings. The first-order chi connectivity index (χ1) is 8.08. The van der Waals surface area contributed by atoms with Gasteiger partial charge < -0.3 is 10.2 Å². The maximum absolute atomic E-state index is 12.3. The van der Waals surface area contributed by atoms with Gasteiger partial charge in [0, 0.05) is 35.8 Å². The fourth-order valence-electron chi connectivity index (χ4n) is 2.06. The van der Waals surface area contributed by atoms with E-state index in [4.69, 9.17) is 11.6 Å². The molecular weight excluding hydrogens is 236 g/mol. The molecule has 2 unspecified atom stereocenters. The SMILES string of the molecule is CC1CN(C(=O)c2ccc(Cl)cc2)C(C)CN1. The fourth-order valence-corrected chi connectivity index (χ4v) is 2.19. The number of piperazine rings is 1. The summed E-state index contributed by atoms with van der Waals surface area (Å²) >= 11 is 5.82. The van der Waals surface area contributed by atoms with E-state index in [0.717, 1.165) is 13.1 Å². The molecule has 1 N–H and O–H groups in total. The molecule has 1 aliphatic heterocycles. The quantitative estimate of drug-likeness (QED) is 0.831. The van der Waals surface area contributed by atoms with E-state index in [9.17, 15) is 4.79 Å². The number of nitrogens with one attached hydrogen (secondary N) is 1. The van der Waals surface area contributed by atoms with E-state index in [-0.39, 0.29) is 11.9 Å². The number of carbonyl (C=O) groups excluding carboxylic acids is 1. The van der Waals surface area contributed by atoms with Gasteiger partial charge in [0.25, 0.3) is 5.91 Å². The van der Waals surface area contributed by atoms with Crippen molar-refractivity contribution in [2.24, 2.45) is 0 Å². The number of halogens is 1. The van der Waals surface area contributed by atoms with Crippen molar-refractivity contribution in [3.8, 4) is 0 Å². The van der Waals surface area contributed by atoms with E-state index in [0.29, 0.717) is 16.6 Å². The van der Waals surface area contributed by atoms with Crippen molar-refractivity contribution in [1.29, 1.82) is 0 Å². The number of carbonyl (C=O) groups is 1. The number of hydrogen-bond donors (Lipinski definition) is 1. The van der Waals surface area contributed by atoms with Crippen LogP contribution in [0.2, 0.25) is 5.02 Å². The lowest BCUT2D eigenvalue weighted by Gasteiger charge is -2.37. The summed E-state index contributed by atoms with van der Waals surface area (Å²) in [6.07, 6.45) is 0. The highest BCUT2D eigenvalue weighted by molar-refractivity contribution is 6.30. The van der Waals surface area contributed by atoms with Gasteiger partial charge in [0.2, 0.25) is 0 Å². The van der Waals surface area contributed by atoms with E-state index >= 15 is 0 Å². The first kappa shape index (κ1) is 12.4. The molecule has 4 heteroatoms. The van der Waals surface area contributed by atoms with Gasteiger partial charge in [-0.05, 0) is 38.1 Å². The van der Waals surface area contributed by atoms with Crippen LogP contribution in [-0.4, -0.2) is 36.0 Å². The predicted molar refractivity (Wildman–Crippen MR) is 69.4 cm³/mol. The first-order valence-corrected chi connectivity index (χ1v) is 6.25. The second-order valence-corrected chi connectivity index (χ2v) is 5.06. The molecule has 0 bridgehead atoms. The zero-order chi connectivity index (χ0) is 12.4. The van der Waals surface area contributed by atoms with Gasteiger partial charge in [0.05, 0.1) is 0 Å². The van der Waals surface area contributed by atoms with Crippen LogP contribution in [0, 0.1) is 0 Å². The molecule has 3 nitrogen and oxygen atoms in total. The molecule has 2 rings (SSSR count). The van der Waals surface area contributed by atoms with Gasteiger partial charge in [0.15, 0.2) is 0 Å². The minimum absolute atomic E-state index is 0.0857. The second kappa shape index (κ2) is 5.07. The molecule has 0 aliphatic carbocycles. The van der Waals surface area contributed by atoms with Crippen molar-refractivity contribution in [2.45, 2.75) is 25.9 Å². The van der Waals surface area contributed by atoms with Crippen LogP contribution in [0.5, 0.6) is 0 Å². The highest BCUT2D eigenvalue weighted by atomic mass is 35.5. The summed E-state index contributed by atoms with van der Waals surface area (Å²) in [5.41, 5.74) is 0.704. The van der Waals surface area contributed by atoms with E-state index in [1.165, 1.54) is 0 Å². The van der Waals surface area contributed by atoms with E-state index < -0.39 is 0 Å². The molecule has 1 saturated heterocycles. The monoisotopic (exact) mass is 252 g/mol. The molecule has 0 spiro atoms. The summed E-state index contributed by atoms with van der Waals surface area (Å²) in [6.45, 7) is 5.75. The number of benzene rings is 1. The Morgan fingerprint density at radius 3 is 2.65 bits per heavy atom. The van der Waals surface area contributed by atoms with Crippen molar-refractivity contribution < 1.29 is 4.79 Å². The zero-order valence-electron chi connectivity index (χ0n) is 10.1. The van der Waals surface area contributed by atoms with Crippen molar-refractivity contribution in [1.82, 2.24) is 10.2 Å². The average Bonchev–Trinajstić information content (AvgIpc) is 2.32. The lowest BCUT2D eigenvalue weighted by Crippen LogP contribution is -2.56. The Morgan fingerprint density at radius 2 is 2.00 bits per heavy atom. The maximum Gasteiger partial charge on any atom is 0.254 e. The van der Waals surface area contributed by atoms with Gasteiger partial charge in [-0.3, -0.25) is 4.79 Å². The van der Waals surface area contributed by atoms with E-state index in [1.54, 1.807) is 24.3 Å². The molecular formula is C13H17ClN2O. The Balaban J connectivity index is 2.15. The minimum atomic E-state index is 0.0857. The Kier molecular flexibility index (Phi) is 3.69. The van der Waals surface area contributed by atoms with Crippen LogP contribution >= 0.6 is 11.6 Å².